The molecule has 2 aromatic carbocycles. The Morgan fingerprint density at radius 1 is 0.850 bits per heavy atom. The predicted octanol–water partition coefficient (Wildman–Crippen LogP) is 6.28. The molecule has 0 radical (unpaired) electrons. The highest BCUT2D eigenvalue weighted by molar-refractivity contribution is 5.97. The lowest BCUT2D eigenvalue weighted by Crippen LogP contribution is -2.19. The highest BCUT2D eigenvalue weighted by atomic mass is 15.5. The maximum Gasteiger partial charge on any atom is 0.151 e. The fourth-order valence-corrected chi connectivity index (χ4v) is 4.37. The Labute approximate surface area is 236 Å². The number of fused-ring (bicyclic) bond motifs is 2. The molecule has 9 heteroatoms. The van der Waals surface area contributed by atoms with Gasteiger partial charge in [0.25, 0.3) is 0 Å². The normalized spacial score (nSPS) is 10.1. The highest BCUT2D eigenvalue weighted by Gasteiger charge is 2.18. The molecule has 4 heterocycles. The van der Waals surface area contributed by atoms with Crippen molar-refractivity contribution in [3.8, 4) is 11.1 Å². The second kappa shape index (κ2) is 14.5. The van der Waals surface area contributed by atoms with E-state index >= 15 is 0 Å². The van der Waals surface area contributed by atoms with Crippen LogP contribution in [0.4, 0.5) is 11.5 Å². The maximum absolute atomic E-state index is 4.68. The first-order valence-electron chi connectivity index (χ1n) is 13.6. The number of hydrogen-bond acceptors (Lipinski definition) is 7. The summed E-state index contributed by atoms with van der Waals surface area (Å²) in [5, 5.41) is 9.49. The molecule has 2 N–H and O–H groups in total. The zero-order chi connectivity index (χ0) is 29.1. The molecule has 4 aromatic heterocycles. The van der Waals surface area contributed by atoms with Crippen molar-refractivity contribution in [2.24, 2.45) is 19.8 Å². The van der Waals surface area contributed by atoms with Gasteiger partial charge in [-0.1, -0.05) is 51.1 Å². The fraction of sp³-hybridized carbons (Fsp3) is 0.258. The van der Waals surface area contributed by atoms with Crippen molar-refractivity contribution in [3.63, 3.8) is 0 Å². The first-order valence-corrected chi connectivity index (χ1v) is 13.6. The average Bonchev–Trinajstić information content (AvgIpc) is 3.63. The van der Waals surface area contributed by atoms with Gasteiger partial charge in [0, 0.05) is 61.8 Å². The first-order chi connectivity index (χ1) is 19.7. The van der Waals surface area contributed by atoms with E-state index in [1.807, 2.05) is 47.0 Å². The first kappa shape index (κ1) is 29.9. The number of aromatic nitrogens is 7. The van der Waals surface area contributed by atoms with Gasteiger partial charge in [-0.3, -0.25) is 15.0 Å². The van der Waals surface area contributed by atoms with Crippen LogP contribution in [-0.2, 0) is 20.6 Å². The third kappa shape index (κ3) is 6.32. The molecule has 0 unspecified atom stereocenters. The van der Waals surface area contributed by atoms with E-state index in [4.69, 9.17) is 0 Å². The zero-order valence-corrected chi connectivity index (χ0v) is 24.4. The summed E-state index contributed by atoms with van der Waals surface area (Å²) in [6, 6.07) is 16.9. The molecular formula is C31H39N9. The van der Waals surface area contributed by atoms with Gasteiger partial charge in [0.15, 0.2) is 5.82 Å². The minimum absolute atomic E-state index is 0.608. The molecule has 0 bridgehead atoms. The van der Waals surface area contributed by atoms with Crippen LogP contribution in [0.2, 0.25) is 0 Å². The number of benzene rings is 2. The van der Waals surface area contributed by atoms with Crippen LogP contribution in [0.25, 0.3) is 33.1 Å². The average molecular weight is 538 g/mol. The number of pyridine rings is 1. The van der Waals surface area contributed by atoms with Crippen LogP contribution >= 0.6 is 0 Å². The lowest BCUT2D eigenvalue weighted by Gasteiger charge is -2.25. The van der Waals surface area contributed by atoms with Gasteiger partial charge in [-0.05, 0) is 53.9 Å². The number of nitrogens with two attached hydrogens (primary N) is 1. The molecule has 6 rings (SSSR count). The summed E-state index contributed by atoms with van der Waals surface area (Å²) in [6.45, 7) is 8.61. The van der Waals surface area contributed by atoms with E-state index in [0.717, 1.165) is 39.2 Å². The molecule has 0 spiro atoms. The third-order valence-corrected chi connectivity index (χ3v) is 6.10. The molecule has 40 heavy (non-hydrogen) atoms. The fourth-order valence-electron chi connectivity index (χ4n) is 4.37. The summed E-state index contributed by atoms with van der Waals surface area (Å²) in [6.07, 6.45) is 11.0. The topological polar surface area (TPSA) is 104 Å². The highest BCUT2D eigenvalue weighted by Crippen LogP contribution is 2.36. The molecule has 9 nitrogen and oxygen atoms in total. The second-order valence-electron chi connectivity index (χ2n) is 8.28. The standard InChI is InChI=1S/C26H22N8.2C2H6.CH5N/c1-32-11-7-19-5-6-20(12-24(19)32)22-13-21(14-23-26(22)29-10-9-28-23)34(25-16-30-31-33(25)2)17-18-4-3-8-27-15-18;3*1-2/h3-16H,17H2,1-2H3;2*1-2H3;2H2,1H3. The molecule has 0 aliphatic carbocycles. The van der Waals surface area contributed by atoms with Gasteiger partial charge in [0.05, 0.1) is 23.8 Å². The Kier molecular flexibility index (Phi) is 10.8. The zero-order valence-electron chi connectivity index (χ0n) is 24.4. The molecule has 6 aromatic rings. The SMILES string of the molecule is CC.CC.CN.Cn1nncc1N(Cc1cccnc1)c1cc(-c2ccc3ccn(C)c3c2)c2nccnc2c1. The van der Waals surface area contributed by atoms with E-state index in [1.54, 1.807) is 29.5 Å². The number of nitrogens with zero attached hydrogens (tertiary/aromatic N) is 8. The van der Waals surface area contributed by atoms with Crippen LogP contribution in [0, 0.1) is 0 Å². The minimum atomic E-state index is 0.608. The monoisotopic (exact) mass is 537 g/mol. The summed E-state index contributed by atoms with van der Waals surface area (Å²) >= 11 is 0. The number of rotatable bonds is 5. The van der Waals surface area contributed by atoms with Gasteiger partial charge in [-0.25, -0.2) is 4.68 Å². The van der Waals surface area contributed by atoms with Crippen molar-refractivity contribution >= 4 is 33.4 Å². The van der Waals surface area contributed by atoms with Gasteiger partial charge >= 0.3 is 0 Å². The van der Waals surface area contributed by atoms with Gasteiger partial charge < -0.3 is 15.2 Å². The lowest BCUT2D eigenvalue weighted by molar-refractivity contribution is 0.703. The Balaban J connectivity index is 0.000000691. The van der Waals surface area contributed by atoms with Crippen molar-refractivity contribution in [3.05, 3.63) is 91.3 Å². The van der Waals surface area contributed by atoms with E-state index in [0.29, 0.717) is 6.54 Å². The molecule has 0 fully saturated rings. The minimum Gasteiger partial charge on any atom is -0.351 e. The molecule has 208 valence electrons. The molecule has 0 aliphatic heterocycles. The quantitative estimate of drug-likeness (QED) is 0.276. The number of hydrogen-bond donors (Lipinski definition) is 1. The van der Waals surface area contributed by atoms with Crippen molar-refractivity contribution in [2.45, 2.75) is 34.2 Å². The van der Waals surface area contributed by atoms with Gasteiger partial charge in [0.2, 0.25) is 0 Å². The van der Waals surface area contributed by atoms with Crippen LogP contribution in [0.1, 0.15) is 33.3 Å². The van der Waals surface area contributed by atoms with Crippen molar-refractivity contribution in [1.82, 2.24) is 34.5 Å². The maximum atomic E-state index is 4.68. The van der Waals surface area contributed by atoms with Crippen LogP contribution in [0.5, 0.6) is 0 Å². The van der Waals surface area contributed by atoms with Gasteiger partial charge in [-0.15, -0.1) is 5.10 Å². The summed E-state index contributed by atoms with van der Waals surface area (Å²) < 4.78 is 3.90. The lowest BCUT2D eigenvalue weighted by atomic mass is 10.0. The summed E-state index contributed by atoms with van der Waals surface area (Å²) in [4.78, 5) is 15.8. The van der Waals surface area contributed by atoms with E-state index in [9.17, 15) is 0 Å². The van der Waals surface area contributed by atoms with E-state index in [-0.39, 0.29) is 0 Å². The van der Waals surface area contributed by atoms with Gasteiger partial charge in [-0.2, -0.15) is 0 Å². The summed E-state index contributed by atoms with van der Waals surface area (Å²) in [5.74, 6) is 0.871. The van der Waals surface area contributed by atoms with E-state index in [1.165, 1.54) is 18.0 Å². The summed E-state index contributed by atoms with van der Waals surface area (Å²) in [7, 11) is 5.45. The van der Waals surface area contributed by atoms with Crippen LogP contribution in [0.3, 0.4) is 0 Å². The van der Waals surface area contributed by atoms with Crippen LogP contribution < -0.4 is 10.6 Å². The van der Waals surface area contributed by atoms with Crippen molar-refractivity contribution in [1.29, 1.82) is 0 Å². The molecular weight excluding hydrogens is 498 g/mol. The smallest absolute Gasteiger partial charge is 0.151 e. The van der Waals surface area contributed by atoms with Gasteiger partial charge in [0.1, 0.15) is 0 Å². The Morgan fingerprint density at radius 2 is 1.62 bits per heavy atom. The summed E-state index contributed by atoms with van der Waals surface area (Å²) in [5.41, 5.74) is 11.5. The molecule has 0 saturated carbocycles. The largest absolute Gasteiger partial charge is 0.351 e. The van der Waals surface area contributed by atoms with Crippen LogP contribution in [0.15, 0.2) is 85.7 Å². The Hall–Kier alpha value is -4.63. The molecule has 0 saturated heterocycles. The molecule has 0 atom stereocenters. The van der Waals surface area contributed by atoms with E-state index in [2.05, 4.69) is 96.2 Å². The van der Waals surface area contributed by atoms with Crippen molar-refractivity contribution in [2.75, 3.05) is 11.9 Å². The second-order valence-corrected chi connectivity index (χ2v) is 8.28. The van der Waals surface area contributed by atoms with Crippen molar-refractivity contribution < 1.29 is 0 Å². The molecule has 0 aliphatic rings. The Bertz CT molecular complexity index is 1620. The predicted molar refractivity (Wildman–Crippen MR) is 165 cm³/mol. The number of aryl methyl sites for hydroxylation is 2. The third-order valence-electron chi connectivity index (χ3n) is 6.10. The van der Waals surface area contributed by atoms with E-state index < -0.39 is 0 Å². The molecule has 0 amide bonds. The van der Waals surface area contributed by atoms with Crippen LogP contribution in [-0.4, -0.2) is 41.6 Å². The Morgan fingerprint density at radius 3 is 2.33 bits per heavy atom. The number of anilines is 2.